The van der Waals surface area contributed by atoms with E-state index in [0.717, 1.165) is 28.9 Å². The SMILES string of the molecule is Cc1ccc(NCC(=O)Nc2ccc(C(F)(F)F)cc2)c(C)c1. The Hall–Kier alpha value is -2.50. The third kappa shape index (κ3) is 4.74. The molecule has 0 aliphatic heterocycles. The molecule has 1 amide bonds. The number of anilines is 2. The molecule has 2 aromatic rings. The van der Waals surface area contributed by atoms with E-state index in [9.17, 15) is 18.0 Å². The summed E-state index contributed by atoms with van der Waals surface area (Å²) in [4.78, 5) is 11.9. The van der Waals surface area contributed by atoms with E-state index in [1.807, 2.05) is 32.0 Å². The molecule has 0 radical (unpaired) electrons. The van der Waals surface area contributed by atoms with Gasteiger partial charge in [-0.05, 0) is 49.7 Å². The molecule has 0 saturated carbocycles. The van der Waals surface area contributed by atoms with E-state index in [4.69, 9.17) is 0 Å². The van der Waals surface area contributed by atoms with Crippen LogP contribution in [0.4, 0.5) is 24.5 Å². The van der Waals surface area contributed by atoms with Crippen molar-refractivity contribution in [3.63, 3.8) is 0 Å². The number of alkyl halides is 3. The highest BCUT2D eigenvalue weighted by Gasteiger charge is 2.29. The maximum Gasteiger partial charge on any atom is 0.416 e. The molecule has 0 fully saturated rings. The first kappa shape index (κ1) is 16.9. The number of halogens is 3. The van der Waals surface area contributed by atoms with Gasteiger partial charge in [-0.2, -0.15) is 13.2 Å². The van der Waals surface area contributed by atoms with Gasteiger partial charge < -0.3 is 10.6 Å². The van der Waals surface area contributed by atoms with Crippen LogP contribution in [0.1, 0.15) is 16.7 Å². The van der Waals surface area contributed by atoms with Crippen molar-refractivity contribution in [2.75, 3.05) is 17.2 Å². The lowest BCUT2D eigenvalue weighted by Gasteiger charge is -2.11. The lowest BCUT2D eigenvalue weighted by Crippen LogP contribution is -2.22. The number of carbonyl (C=O) groups excluding carboxylic acids is 1. The summed E-state index contributed by atoms with van der Waals surface area (Å²) in [5.74, 6) is -0.329. The molecule has 0 atom stereocenters. The van der Waals surface area contributed by atoms with E-state index < -0.39 is 11.7 Å². The molecule has 0 spiro atoms. The van der Waals surface area contributed by atoms with Gasteiger partial charge in [0, 0.05) is 11.4 Å². The minimum Gasteiger partial charge on any atom is -0.376 e. The number of amides is 1. The van der Waals surface area contributed by atoms with Crippen molar-refractivity contribution in [1.82, 2.24) is 0 Å². The number of carbonyl (C=O) groups is 1. The summed E-state index contributed by atoms with van der Waals surface area (Å²) in [6, 6.07) is 10.2. The summed E-state index contributed by atoms with van der Waals surface area (Å²) in [5.41, 5.74) is 2.57. The van der Waals surface area contributed by atoms with Crippen LogP contribution in [0.2, 0.25) is 0 Å². The summed E-state index contributed by atoms with van der Waals surface area (Å²) < 4.78 is 37.4. The van der Waals surface area contributed by atoms with E-state index >= 15 is 0 Å². The van der Waals surface area contributed by atoms with Crippen molar-refractivity contribution in [1.29, 1.82) is 0 Å². The molecule has 0 bridgehead atoms. The van der Waals surface area contributed by atoms with Gasteiger partial charge in [0.2, 0.25) is 5.91 Å². The zero-order valence-corrected chi connectivity index (χ0v) is 12.8. The van der Waals surface area contributed by atoms with Crippen LogP contribution in [-0.2, 0) is 11.0 Å². The number of hydrogen-bond acceptors (Lipinski definition) is 2. The highest BCUT2D eigenvalue weighted by atomic mass is 19.4. The normalized spacial score (nSPS) is 11.2. The molecule has 0 heterocycles. The predicted molar refractivity (Wildman–Crippen MR) is 84.5 cm³/mol. The summed E-state index contributed by atoms with van der Waals surface area (Å²) in [6.07, 6.45) is -4.38. The second kappa shape index (κ2) is 6.73. The van der Waals surface area contributed by atoms with Crippen LogP contribution >= 0.6 is 0 Å². The average Bonchev–Trinajstić information content (AvgIpc) is 2.46. The topological polar surface area (TPSA) is 41.1 Å². The van der Waals surface area contributed by atoms with Crippen LogP contribution in [0.15, 0.2) is 42.5 Å². The minimum absolute atomic E-state index is 0.0327. The molecule has 0 aliphatic carbocycles. The Morgan fingerprint density at radius 1 is 1.04 bits per heavy atom. The molecule has 122 valence electrons. The first-order valence-corrected chi connectivity index (χ1v) is 7.04. The quantitative estimate of drug-likeness (QED) is 0.877. The zero-order valence-electron chi connectivity index (χ0n) is 12.8. The lowest BCUT2D eigenvalue weighted by atomic mass is 10.1. The summed E-state index contributed by atoms with van der Waals surface area (Å²) in [6.45, 7) is 3.95. The van der Waals surface area contributed by atoms with Crippen LogP contribution in [0.3, 0.4) is 0 Å². The van der Waals surface area contributed by atoms with Crippen molar-refractivity contribution >= 4 is 17.3 Å². The lowest BCUT2D eigenvalue weighted by molar-refractivity contribution is -0.137. The van der Waals surface area contributed by atoms with E-state index in [1.165, 1.54) is 12.1 Å². The Balaban J connectivity index is 1.92. The van der Waals surface area contributed by atoms with Gasteiger partial charge >= 0.3 is 6.18 Å². The molecule has 2 rings (SSSR count). The summed E-state index contributed by atoms with van der Waals surface area (Å²) in [7, 11) is 0. The zero-order chi connectivity index (χ0) is 17.0. The fourth-order valence-corrected chi connectivity index (χ4v) is 2.14. The molecule has 2 N–H and O–H groups in total. The molecule has 3 nitrogen and oxygen atoms in total. The van der Waals surface area contributed by atoms with E-state index in [0.29, 0.717) is 5.69 Å². The second-order valence-corrected chi connectivity index (χ2v) is 5.30. The highest BCUT2D eigenvalue weighted by Crippen LogP contribution is 2.29. The van der Waals surface area contributed by atoms with Crippen molar-refractivity contribution in [2.24, 2.45) is 0 Å². The van der Waals surface area contributed by atoms with Crippen molar-refractivity contribution in [3.8, 4) is 0 Å². The van der Waals surface area contributed by atoms with Crippen LogP contribution in [0.25, 0.3) is 0 Å². The maximum absolute atomic E-state index is 12.5. The van der Waals surface area contributed by atoms with Crippen molar-refractivity contribution in [3.05, 3.63) is 59.2 Å². The third-order valence-electron chi connectivity index (χ3n) is 3.32. The molecule has 2 aromatic carbocycles. The molecule has 0 aromatic heterocycles. The van der Waals surface area contributed by atoms with Crippen molar-refractivity contribution in [2.45, 2.75) is 20.0 Å². The molecule has 0 aliphatic rings. The smallest absolute Gasteiger partial charge is 0.376 e. The maximum atomic E-state index is 12.5. The van der Waals surface area contributed by atoms with Gasteiger partial charge in [0.1, 0.15) is 0 Å². The standard InChI is InChI=1S/C17H17F3N2O/c1-11-3-8-15(12(2)9-11)21-10-16(23)22-14-6-4-13(5-7-14)17(18,19)20/h3-9,21H,10H2,1-2H3,(H,22,23). The highest BCUT2D eigenvalue weighted by molar-refractivity contribution is 5.93. The monoisotopic (exact) mass is 322 g/mol. The van der Waals surface area contributed by atoms with Gasteiger partial charge in [-0.1, -0.05) is 17.7 Å². The Kier molecular flexibility index (Phi) is 4.93. The number of hydrogen-bond donors (Lipinski definition) is 2. The van der Waals surface area contributed by atoms with Crippen LogP contribution < -0.4 is 10.6 Å². The van der Waals surface area contributed by atoms with Gasteiger partial charge in [0.15, 0.2) is 0 Å². The van der Waals surface area contributed by atoms with Gasteiger partial charge in [-0.3, -0.25) is 4.79 Å². The summed E-state index contributed by atoms with van der Waals surface area (Å²) in [5, 5.41) is 5.56. The first-order valence-electron chi connectivity index (χ1n) is 7.04. The Bertz CT molecular complexity index is 694. The Morgan fingerprint density at radius 3 is 2.26 bits per heavy atom. The molecule has 0 unspecified atom stereocenters. The molecule has 0 saturated heterocycles. The largest absolute Gasteiger partial charge is 0.416 e. The van der Waals surface area contributed by atoms with E-state index in [1.54, 1.807) is 0 Å². The third-order valence-corrected chi connectivity index (χ3v) is 3.32. The van der Waals surface area contributed by atoms with Gasteiger partial charge in [-0.25, -0.2) is 0 Å². The predicted octanol–water partition coefficient (Wildman–Crippen LogP) is 4.37. The van der Waals surface area contributed by atoms with Crippen molar-refractivity contribution < 1.29 is 18.0 Å². The fourth-order valence-electron chi connectivity index (χ4n) is 2.14. The number of benzene rings is 2. The van der Waals surface area contributed by atoms with Crippen LogP contribution in [0, 0.1) is 13.8 Å². The number of rotatable bonds is 4. The first-order chi connectivity index (χ1) is 10.8. The number of aryl methyl sites for hydroxylation is 2. The van der Waals surface area contributed by atoms with E-state index in [2.05, 4.69) is 10.6 Å². The molecular weight excluding hydrogens is 305 g/mol. The van der Waals surface area contributed by atoms with E-state index in [-0.39, 0.29) is 12.5 Å². The van der Waals surface area contributed by atoms with Crippen LogP contribution in [-0.4, -0.2) is 12.5 Å². The Labute approximate surface area is 132 Å². The molecule has 23 heavy (non-hydrogen) atoms. The second-order valence-electron chi connectivity index (χ2n) is 5.30. The number of nitrogens with one attached hydrogen (secondary N) is 2. The van der Waals surface area contributed by atoms with Crippen LogP contribution in [0.5, 0.6) is 0 Å². The van der Waals surface area contributed by atoms with Gasteiger partial charge in [0.25, 0.3) is 0 Å². The van der Waals surface area contributed by atoms with Gasteiger partial charge in [-0.15, -0.1) is 0 Å². The molecule has 6 heteroatoms. The minimum atomic E-state index is -4.38. The fraction of sp³-hybridized carbons (Fsp3) is 0.235. The average molecular weight is 322 g/mol. The van der Waals surface area contributed by atoms with Gasteiger partial charge in [0.05, 0.1) is 12.1 Å². The summed E-state index contributed by atoms with van der Waals surface area (Å²) >= 11 is 0. The molecular formula is C17H17F3N2O. The Morgan fingerprint density at radius 2 is 1.70 bits per heavy atom.